The molecule has 1 aromatic heterocycles. The number of rotatable bonds is 14. The zero-order chi connectivity index (χ0) is 28.2. The first kappa shape index (κ1) is 29.8. The van der Waals surface area contributed by atoms with Crippen molar-refractivity contribution in [1.29, 1.82) is 0 Å². The topological polar surface area (TPSA) is 79.5 Å². The second-order valence-electron chi connectivity index (χ2n) is 10.7. The number of piperidine rings is 1. The lowest BCUT2D eigenvalue weighted by atomic mass is 10.0. The van der Waals surface area contributed by atoms with Gasteiger partial charge in [-0.25, -0.2) is 0 Å². The minimum Gasteiger partial charge on any atom is -0.337 e. The molecule has 2 amide bonds. The largest absolute Gasteiger partial charge is 0.337 e. The van der Waals surface area contributed by atoms with Crippen molar-refractivity contribution >= 4 is 23.4 Å². The lowest BCUT2D eigenvalue weighted by molar-refractivity contribution is -0.143. The van der Waals surface area contributed by atoms with E-state index in [0.29, 0.717) is 36.2 Å². The molecule has 1 fully saturated rings. The first-order chi connectivity index (χ1) is 19.5. The van der Waals surface area contributed by atoms with Gasteiger partial charge in [0.15, 0.2) is 0 Å². The Morgan fingerprint density at radius 1 is 0.975 bits per heavy atom. The van der Waals surface area contributed by atoms with Gasteiger partial charge < -0.3 is 14.3 Å². The second kappa shape index (κ2) is 15.6. The summed E-state index contributed by atoms with van der Waals surface area (Å²) in [5.74, 6) is 0.851. The second-order valence-corrected chi connectivity index (χ2v) is 11.1. The Labute approximate surface area is 242 Å². The normalized spacial score (nSPS) is 15.2. The van der Waals surface area contributed by atoms with Crippen LogP contribution in [-0.4, -0.2) is 44.8 Å². The molecular formula is C32H41ClN4O3. The highest BCUT2D eigenvalue weighted by atomic mass is 35.5. The number of amides is 2. The Balaban J connectivity index is 1.41. The molecule has 1 unspecified atom stereocenters. The third-order valence-electron chi connectivity index (χ3n) is 7.54. The van der Waals surface area contributed by atoms with Gasteiger partial charge in [-0.15, -0.1) is 0 Å². The molecule has 2 heterocycles. The maximum Gasteiger partial charge on any atom is 0.249 e. The van der Waals surface area contributed by atoms with Crippen LogP contribution in [0.3, 0.4) is 0 Å². The van der Waals surface area contributed by atoms with Crippen LogP contribution in [0.2, 0.25) is 5.02 Å². The van der Waals surface area contributed by atoms with Crippen LogP contribution < -0.4 is 0 Å². The molecule has 0 saturated carbocycles. The van der Waals surface area contributed by atoms with Crippen molar-refractivity contribution in [3.63, 3.8) is 0 Å². The van der Waals surface area contributed by atoms with E-state index in [1.165, 1.54) is 25.7 Å². The molecular weight excluding hydrogens is 524 g/mol. The summed E-state index contributed by atoms with van der Waals surface area (Å²) in [4.78, 5) is 35.2. The number of carbonyl (C=O) groups excluding carboxylic acids is 2. The van der Waals surface area contributed by atoms with Crippen LogP contribution >= 0.6 is 11.6 Å². The van der Waals surface area contributed by atoms with Crippen molar-refractivity contribution in [3.8, 4) is 11.4 Å². The molecule has 0 aliphatic carbocycles. The van der Waals surface area contributed by atoms with Gasteiger partial charge in [0.05, 0.1) is 0 Å². The van der Waals surface area contributed by atoms with Crippen LogP contribution in [0.1, 0.15) is 95.0 Å². The summed E-state index contributed by atoms with van der Waals surface area (Å²) in [6, 6.07) is 16.8. The SMILES string of the molecule is CCCCCCCCCC(=O)N(CC(=O)N1CCCCC1c1nc(-c2ccc(Cl)cc2)no1)Cc1ccccc1. The molecule has 8 heteroatoms. The highest BCUT2D eigenvalue weighted by molar-refractivity contribution is 6.30. The predicted molar refractivity (Wildman–Crippen MR) is 158 cm³/mol. The van der Waals surface area contributed by atoms with Crippen molar-refractivity contribution in [2.75, 3.05) is 13.1 Å². The Hall–Kier alpha value is -3.19. The van der Waals surface area contributed by atoms with Gasteiger partial charge in [-0.2, -0.15) is 4.98 Å². The van der Waals surface area contributed by atoms with Gasteiger partial charge in [0, 0.05) is 30.1 Å². The summed E-state index contributed by atoms with van der Waals surface area (Å²) in [6.07, 6.45) is 11.1. The van der Waals surface area contributed by atoms with E-state index in [2.05, 4.69) is 17.1 Å². The maximum atomic E-state index is 13.7. The minimum absolute atomic E-state index is 0.0298. The number of hydrogen-bond acceptors (Lipinski definition) is 5. The fraction of sp³-hybridized carbons (Fsp3) is 0.500. The van der Waals surface area contributed by atoms with Crippen molar-refractivity contribution in [2.24, 2.45) is 0 Å². The van der Waals surface area contributed by atoms with Crippen LogP contribution in [-0.2, 0) is 16.1 Å². The van der Waals surface area contributed by atoms with E-state index < -0.39 is 0 Å². The summed E-state index contributed by atoms with van der Waals surface area (Å²) in [5.41, 5.74) is 1.82. The average Bonchev–Trinajstić information content (AvgIpc) is 3.47. The average molecular weight is 565 g/mol. The number of benzene rings is 2. The van der Waals surface area contributed by atoms with Gasteiger partial charge in [-0.05, 0) is 55.5 Å². The third kappa shape index (κ3) is 8.65. The molecule has 1 saturated heterocycles. The quantitative estimate of drug-likeness (QED) is 0.188. The van der Waals surface area contributed by atoms with Crippen LogP contribution in [0.15, 0.2) is 59.1 Å². The van der Waals surface area contributed by atoms with Gasteiger partial charge in [0.25, 0.3) is 0 Å². The van der Waals surface area contributed by atoms with Crippen LogP contribution in [0.4, 0.5) is 0 Å². The predicted octanol–water partition coefficient (Wildman–Crippen LogP) is 7.61. The van der Waals surface area contributed by atoms with E-state index in [4.69, 9.17) is 16.1 Å². The van der Waals surface area contributed by atoms with E-state index in [0.717, 1.165) is 49.7 Å². The molecule has 1 aliphatic rings. The summed E-state index contributed by atoms with van der Waals surface area (Å²) in [7, 11) is 0. The maximum absolute atomic E-state index is 13.7. The summed E-state index contributed by atoms with van der Waals surface area (Å²) in [5, 5.41) is 4.80. The van der Waals surface area contributed by atoms with E-state index in [1.807, 2.05) is 47.4 Å². The summed E-state index contributed by atoms with van der Waals surface area (Å²) < 4.78 is 5.65. The molecule has 4 rings (SSSR count). The first-order valence-electron chi connectivity index (χ1n) is 14.8. The van der Waals surface area contributed by atoms with Gasteiger partial charge in [0.2, 0.25) is 23.5 Å². The standard InChI is InChI=1S/C32H41ClN4O3/c1-2-3-4-5-6-7-11-17-29(38)36(23-25-14-9-8-10-15-25)24-30(39)37-22-13-12-16-28(37)32-34-31(35-40-32)26-18-20-27(33)21-19-26/h8-10,14-15,18-21,28H,2-7,11-13,16-17,22-24H2,1H3. The Bertz CT molecular complexity index is 1200. The van der Waals surface area contributed by atoms with E-state index >= 15 is 0 Å². The molecule has 1 atom stereocenters. The fourth-order valence-electron chi connectivity index (χ4n) is 5.26. The number of nitrogens with zero attached hydrogens (tertiary/aromatic N) is 4. The van der Waals surface area contributed by atoms with E-state index in [-0.39, 0.29) is 24.4 Å². The highest BCUT2D eigenvalue weighted by Gasteiger charge is 2.33. The van der Waals surface area contributed by atoms with Gasteiger partial charge in [-0.1, -0.05) is 92.5 Å². The van der Waals surface area contributed by atoms with Gasteiger partial charge in [0.1, 0.15) is 12.6 Å². The van der Waals surface area contributed by atoms with Crippen LogP contribution in [0.5, 0.6) is 0 Å². The monoisotopic (exact) mass is 564 g/mol. The summed E-state index contributed by atoms with van der Waals surface area (Å²) in [6.45, 7) is 3.28. The van der Waals surface area contributed by atoms with Crippen molar-refractivity contribution in [3.05, 3.63) is 71.1 Å². The zero-order valence-corrected chi connectivity index (χ0v) is 24.3. The molecule has 3 aromatic rings. The highest BCUT2D eigenvalue weighted by Crippen LogP contribution is 2.31. The van der Waals surface area contributed by atoms with Gasteiger partial charge >= 0.3 is 0 Å². The zero-order valence-electron chi connectivity index (χ0n) is 23.6. The number of unbranched alkanes of at least 4 members (excludes halogenated alkanes) is 6. The molecule has 214 valence electrons. The smallest absolute Gasteiger partial charge is 0.249 e. The Morgan fingerprint density at radius 2 is 1.70 bits per heavy atom. The number of halogens is 1. The Morgan fingerprint density at radius 3 is 2.45 bits per heavy atom. The lowest BCUT2D eigenvalue weighted by Crippen LogP contribution is -2.45. The van der Waals surface area contributed by atoms with Crippen LogP contribution in [0.25, 0.3) is 11.4 Å². The third-order valence-corrected chi connectivity index (χ3v) is 7.79. The minimum atomic E-state index is -0.299. The molecule has 40 heavy (non-hydrogen) atoms. The number of likely N-dealkylation sites (tertiary alicyclic amines) is 1. The number of aromatic nitrogens is 2. The summed E-state index contributed by atoms with van der Waals surface area (Å²) >= 11 is 6.02. The van der Waals surface area contributed by atoms with Crippen molar-refractivity contribution in [2.45, 2.75) is 90.1 Å². The molecule has 7 nitrogen and oxygen atoms in total. The van der Waals surface area contributed by atoms with E-state index in [9.17, 15) is 9.59 Å². The van der Waals surface area contributed by atoms with Gasteiger partial charge in [-0.3, -0.25) is 9.59 Å². The number of carbonyl (C=O) groups is 2. The fourth-order valence-corrected chi connectivity index (χ4v) is 5.38. The van der Waals surface area contributed by atoms with E-state index in [1.54, 1.807) is 17.0 Å². The molecule has 0 spiro atoms. The molecule has 0 N–H and O–H groups in total. The Kier molecular flexibility index (Phi) is 11.6. The molecule has 0 bridgehead atoms. The molecule has 0 radical (unpaired) electrons. The molecule has 2 aromatic carbocycles. The molecule has 1 aliphatic heterocycles. The van der Waals surface area contributed by atoms with Crippen molar-refractivity contribution in [1.82, 2.24) is 19.9 Å². The first-order valence-corrected chi connectivity index (χ1v) is 15.1. The van der Waals surface area contributed by atoms with Crippen molar-refractivity contribution < 1.29 is 14.1 Å². The number of hydrogen-bond donors (Lipinski definition) is 0. The lowest BCUT2D eigenvalue weighted by Gasteiger charge is -2.35. The van der Waals surface area contributed by atoms with Crippen LogP contribution in [0, 0.1) is 0 Å².